The highest BCUT2D eigenvalue weighted by molar-refractivity contribution is 14.0. The first kappa shape index (κ1) is 23.5. The molecular formula is C15H27IN4O2S2. The molecule has 1 aromatic rings. The first-order valence-electron chi connectivity index (χ1n) is 7.59. The van der Waals surface area contributed by atoms with Gasteiger partial charge in [-0.15, -0.1) is 24.0 Å². The zero-order valence-electron chi connectivity index (χ0n) is 14.1. The van der Waals surface area contributed by atoms with Gasteiger partial charge in [-0.3, -0.25) is 4.99 Å². The van der Waals surface area contributed by atoms with Crippen LogP contribution < -0.4 is 15.4 Å². The highest BCUT2D eigenvalue weighted by atomic mass is 127. The highest BCUT2D eigenvalue weighted by Gasteiger charge is 2.10. The fraction of sp³-hybridized carbons (Fsp3) is 0.533. The second kappa shape index (κ2) is 13.7. The quantitative estimate of drug-likeness (QED) is 0.203. The van der Waals surface area contributed by atoms with Crippen molar-refractivity contribution in [1.82, 2.24) is 15.4 Å². The van der Waals surface area contributed by atoms with Crippen LogP contribution in [0.25, 0.3) is 0 Å². The largest absolute Gasteiger partial charge is 0.357 e. The Morgan fingerprint density at radius 3 is 2.54 bits per heavy atom. The van der Waals surface area contributed by atoms with Crippen LogP contribution in [-0.2, 0) is 16.6 Å². The Bertz CT molecular complexity index is 568. The molecule has 1 aromatic carbocycles. The molecule has 0 unspecified atom stereocenters. The van der Waals surface area contributed by atoms with E-state index in [1.54, 1.807) is 11.8 Å². The van der Waals surface area contributed by atoms with E-state index < -0.39 is 10.0 Å². The highest BCUT2D eigenvalue weighted by Crippen LogP contribution is 1.98. The number of thioether (sulfide) groups is 1. The lowest BCUT2D eigenvalue weighted by atomic mass is 10.2. The van der Waals surface area contributed by atoms with Crippen molar-refractivity contribution < 1.29 is 8.42 Å². The first-order valence-corrected chi connectivity index (χ1v) is 10.6. The van der Waals surface area contributed by atoms with Crippen LogP contribution in [0.1, 0.15) is 12.5 Å². The second-order valence-electron chi connectivity index (χ2n) is 4.81. The number of nitrogens with zero attached hydrogens (tertiary/aromatic N) is 1. The molecule has 0 heterocycles. The van der Waals surface area contributed by atoms with Gasteiger partial charge < -0.3 is 10.6 Å². The molecule has 0 bridgehead atoms. The van der Waals surface area contributed by atoms with Crippen LogP contribution in [0.4, 0.5) is 0 Å². The molecule has 9 heteroatoms. The number of guanidine groups is 1. The van der Waals surface area contributed by atoms with Gasteiger partial charge in [0.2, 0.25) is 10.0 Å². The smallest absolute Gasteiger partial charge is 0.213 e. The number of hydrogen-bond donors (Lipinski definition) is 3. The van der Waals surface area contributed by atoms with Gasteiger partial charge in [0, 0.05) is 25.4 Å². The number of sulfonamides is 1. The van der Waals surface area contributed by atoms with Gasteiger partial charge in [-0.2, -0.15) is 11.8 Å². The minimum atomic E-state index is -3.31. The fourth-order valence-electron chi connectivity index (χ4n) is 1.76. The molecule has 0 saturated carbocycles. The fourth-order valence-corrected chi connectivity index (χ4v) is 2.93. The van der Waals surface area contributed by atoms with Crippen LogP contribution in [-0.4, -0.2) is 51.8 Å². The van der Waals surface area contributed by atoms with Gasteiger partial charge in [0.25, 0.3) is 0 Å². The van der Waals surface area contributed by atoms with Crippen molar-refractivity contribution in [2.45, 2.75) is 13.5 Å². The van der Waals surface area contributed by atoms with Crippen LogP contribution in [0.5, 0.6) is 0 Å². The van der Waals surface area contributed by atoms with Crippen LogP contribution in [0.2, 0.25) is 0 Å². The maximum absolute atomic E-state index is 12.0. The molecule has 0 radical (unpaired) electrons. The number of rotatable bonds is 10. The monoisotopic (exact) mass is 486 g/mol. The third-order valence-electron chi connectivity index (χ3n) is 2.91. The third-order valence-corrected chi connectivity index (χ3v) is 4.83. The molecule has 0 aliphatic rings. The summed E-state index contributed by atoms with van der Waals surface area (Å²) in [4.78, 5) is 4.37. The number of benzene rings is 1. The van der Waals surface area contributed by atoms with Gasteiger partial charge >= 0.3 is 0 Å². The summed E-state index contributed by atoms with van der Waals surface area (Å²) in [6.07, 6.45) is 2.03. The van der Waals surface area contributed by atoms with Crippen molar-refractivity contribution in [2.24, 2.45) is 4.99 Å². The van der Waals surface area contributed by atoms with E-state index in [4.69, 9.17) is 0 Å². The Labute approximate surface area is 166 Å². The average molecular weight is 486 g/mol. The molecule has 0 saturated heterocycles. The Balaban J connectivity index is 0.00000529. The Kier molecular flexibility index (Phi) is 13.4. The molecule has 0 spiro atoms. The SMILES string of the molecule is CCNC(=NCCSC)NCCS(=O)(=O)NCc1ccccc1.I. The first-order chi connectivity index (χ1) is 11.1. The van der Waals surface area contributed by atoms with E-state index in [0.717, 1.165) is 17.9 Å². The molecule has 24 heavy (non-hydrogen) atoms. The average Bonchev–Trinajstić information content (AvgIpc) is 2.54. The molecule has 138 valence electrons. The number of hydrogen-bond acceptors (Lipinski definition) is 4. The molecule has 0 fully saturated rings. The summed E-state index contributed by atoms with van der Waals surface area (Å²) in [7, 11) is -3.31. The van der Waals surface area contributed by atoms with E-state index in [2.05, 4.69) is 20.3 Å². The third kappa shape index (κ3) is 11.1. The van der Waals surface area contributed by atoms with E-state index in [1.165, 1.54) is 0 Å². The van der Waals surface area contributed by atoms with Crippen LogP contribution >= 0.6 is 35.7 Å². The van der Waals surface area contributed by atoms with E-state index in [-0.39, 0.29) is 29.7 Å². The lowest BCUT2D eigenvalue weighted by Crippen LogP contribution is -2.41. The molecule has 0 aliphatic carbocycles. The molecule has 0 amide bonds. The topological polar surface area (TPSA) is 82.6 Å². The van der Waals surface area contributed by atoms with Crippen LogP contribution in [0, 0.1) is 0 Å². The molecule has 0 aliphatic heterocycles. The van der Waals surface area contributed by atoms with Crippen molar-refractivity contribution in [3.8, 4) is 0 Å². The van der Waals surface area contributed by atoms with Gasteiger partial charge in [-0.25, -0.2) is 13.1 Å². The summed E-state index contributed by atoms with van der Waals surface area (Å²) >= 11 is 1.73. The number of halogens is 1. The van der Waals surface area contributed by atoms with Crippen molar-refractivity contribution in [3.63, 3.8) is 0 Å². The van der Waals surface area contributed by atoms with Crippen molar-refractivity contribution >= 4 is 51.7 Å². The molecule has 6 nitrogen and oxygen atoms in total. The summed E-state index contributed by atoms with van der Waals surface area (Å²) in [6, 6.07) is 9.46. The normalized spacial score (nSPS) is 11.7. The lowest BCUT2D eigenvalue weighted by Gasteiger charge is -2.12. The van der Waals surface area contributed by atoms with E-state index >= 15 is 0 Å². The molecule has 0 atom stereocenters. The van der Waals surface area contributed by atoms with Crippen molar-refractivity contribution in [1.29, 1.82) is 0 Å². The summed E-state index contributed by atoms with van der Waals surface area (Å²) in [6.45, 7) is 4.05. The predicted octanol–water partition coefficient (Wildman–Crippen LogP) is 1.64. The maximum Gasteiger partial charge on any atom is 0.213 e. The minimum Gasteiger partial charge on any atom is -0.357 e. The van der Waals surface area contributed by atoms with E-state index in [0.29, 0.717) is 25.6 Å². The summed E-state index contributed by atoms with van der Waals surface area (Å²) < 4.78 is 26.6. The van der Waals surface area contributed by atoms with Gasteiger partial charge in [0.1, 0.15) is 0 Å². The van der Waals surface area contributed by atoms with Gasteiger partial charge in [0.15, 0.2) is 5.96 Å². The maximum atomic E-state index is 12.0. The van der Waals surface area contributed by atoms with Crippen molar-refractivity contribution in [2.75, 3.05) is 37.4 Å². The molecule has 1 rings (SSSR count). The Hall–Kier alpha value is -0.520. The molecule has 3 N–H and O–H groups in total. The number of aliphatic imine (C=N–C) groups is 1. The Morgan fingerprint density at radius 2 is 1.92 bits per heavy atom. The summed E-state index contributed by atoms with van der Waals surface area (Å²) in [5.74, 6) is 1.60. The zero-order valence-corrected chi connectivity index (χ0v) is 18.1. The van der Waals surface area contributed by atoms with Crippen LogP contribution in [0.15, 0.2) is 35.3 Å². The summed E-state index contributed by atoms with van der Waals surface area (Å²) in [5, 5.41) is 6.14. The van der Waals surface area contributed by atoms with Gasteiger partial charge in [-0.05, 0) is 18.7 Å². The van der Waals surface area contributed by atoms with E-state index in [1.807, 2.05) is 43.5 Å². The molecular weight excluding hydrogens is 459 g/mol. The predicted molar refractivity (Wildman–Crippen MR) is 115 cm³/mol. The van der Waals surface area contributed by atoms with Gasteiger partial charge in [0.05, 0.1) is 12.3 Å². The lowest BCUT2D eigenvalue weighted by molar-refractivity contribution is 0.580. The van der Waals surface area contributed by atoms with Crippen molar-refractivity contribution in [3.05, 3.63) is 35.9 Å². The zero-order chi connectivity index (χ0) is 17.0. The molecule has 0 aromatic heterocycles. The van der Waals surface area contributed by atoms with Crippen LogP contribution in [0.3, 0.4) is 0 Å². The summed E-state index contributed by atoms with van der Waals surface area (Å²) in [5.41, 5.74) is 0.941. The minimum absolute atomic E-state index is 0. The Morgan fingerprint density at radius 1 is 1.21 bits per heavy atom. The number of nitrogens with one attached hydrogen (secondary N) is 3. The second-order valence-corrected chi connectivity index (χ2v) is 7.72. The van der Waals surface area contributed by atoms with E-state index in [9.17, 15) is 8.42 Å². The standard InChI is InChI=1S/C15H26N4O2S2.HI/c1-3-16-15(17-9-11-22-2)18-10-12-23(20,21)19-13-14-7-5-4-6-8-14;/h4-8,19H,3,9-13H2,1-2H3,(H2,16,17,18);1H. The van der Waals surface area contributed by atoms with Gasteiger partial charge in [-0.1, -0.05) is 30.3 Å².